The predicted octanol–water partition coefficient (Wildman–Crippen LogP) is 3.71. The summed E-state index contributed by atoms with van der Waals surface area (Å²) in [5.74, 6) is -0.351. The van der Waals surface area contributed by atoms with E-state index in [1.807, 2.05) is 24.3 Å². The number of carbonyl (C=O) groups is 1. The zero-order valence-electron chi connectivity index (χ0n) is 12.9. The van der Waals surface area contributed by atoms with E-state index in [-0.39, 0.29) is 22.8 Å². The number of benzene rings is 2. The first-order chi connectivity index (χ1) is 12.0. The summed E-state index contributed by atoms with van der Waals surface area (Å²) in [5, 5.41) is 11.0. The Kier molecular flexibility index (Phi) is 4.62. The van der Waals surface area contributed by atoms with E-state index in [0.29, 0.717) is 5.75 Å². The maximum Gasteiger partial charge on any atom is 0.363 e. The summed E-state index contributed by atoms with van der Waals surface area (Å²) in [6, 6.07) is 11.3. The van der Waals surface area contributed by atoms with E-state index in [9.17, 15) is 14.9 Å². The highest BCUT2D eigenvalue weighted by molar-refractivity contribution is 9.10. The Morgan fingerprint density at radius 3 is 2.76 bits per heavy atom. The zero-order chi connectivity index (χ0) is 18.0. The van der Waals surface area contributed by atoms with Crippen molar-refractivity contribution in [1.29, 1.82) is 0 Å². The van der Waals surface area contributed by atoms with Crippen LogP contribution in [0.3, 0.4) is 0 Å². The van der Waals surface area contributed by atoms with Crippen LogP contribution in [0.15, 0.2) is 57.6 Å². The van der Waals surface area contributed by atoms with Crippen LogP contribution in [0.2, 0.25) is 0 Å². The smallest absolute Gasteiger partial charge is 0.363 e. The highest BCUT2D eigenvalue weighted by atomic mass is 79.9. The summed E-state index contributed by atoms with van der Waals surface area (Å²) in [5.41, 5.74) is 0.945. The molecule has 1 aliphatic rings. The van der Waals surface area contributed by atoms with Crippen molar-refractivity contribution in [2.24, 2.45) is 4.99 Å². The lowest BCUT2D eigenvalue weighted by Crippen LogP contribution is -2.07. The summed E-state index contributed by atoms with van der Waals surface area (Å²) in [7, 11) is 1.42. The molecule has 25 heavy (non-hydrogen) atoms. The van der Waals surface area contributed by atoms with E-state index in [1.165, 1.54) is 25.3 Å². The molecule has 0 aliphatic carbocycles. The number of aliphatic imine (C=N–C) groups is 1. The Hall–Kier alpha value is -3.00. The first-order valence-electron chi connectivity index (χ1n) is 7.09. The van der Waals surface area contributed by atoms with Gasteiger partial charge in [-0.3, -0.25) is 10.1 Å². The van der Waals surface area contributed by atoms with Crippen molar-refractivity contribution in [3.63, 3.8) is 0 Å². The van der Waals surface area contributed by atoms with Gasteiger partial charge >= 0.3 is 5.97 Å². The molecule has 2 aromatic rings. The van der Waals surface area contributed by atoms with Crippen LogP contribution in [0, 0.1) is 10.1 Å². The number of halogens is 1. The molecule has 0 N–H and O–H groups in total. The van der Waals surface area contributed by atoms with Gasteiger partial charge in [0.15, 0.2) is 5.70 Å². The van der Waals surface area contributed by atoms with Gasteiger partial charge in [0.1, 0.15) is 5.75 Å². The molecule has 8 heteroatoms. The van der Waals surface area contributed by atoms with Crippen LogP contribution in [-0.4, -0.2) is 23.9 Å². The Labute approximate surface area is 150 Å². The Balaban J connectivity index is 2.03. The molecule has 0 spiro atoms. The molecule has 126 valence electrons. The van der Waals surface area contributed by atoms with Crippen molar-refractivity contribution in [3.8, 4) is 5.75 Å². The van der Waals surface area contributed by atoms with Gasteiger partial charge < -0.3 is 9.47 Å². The van der Waals surface area contributed by atoms with Crippen LogP contribution in [0.5, 0.6) is 5.75 Å². The number of rotatable bonds is 4. The average Bonchev–Trinajstić information content (AvgIpc) is 2.95. The number of methoxy groups -OCH3 is 1. The van der Waals surface area contributed by atoms with Crippen molar-refractivity contribution < 1.29 is 19.2 Å². The molecule has 2 aromatic carbocycles. The predicted molar refractivity (Wildman–Crippen MR) is 94.4 cm³/mol. The highest BCUT2D eigenvalue weighted by Crippen LogP contribution is 2.28. The summed E-state index contributed by atoms with van der Waals surface area (Å²) in [6.45, 7) is 0. The first-order valence-corrected chi connectivity index (χ1v) is 7.88. The van der Waals surface area contributed by atoms with E-state index < -0.39 is 10.9 Å². The third kappa shape index (κ3) is 3.58. The molecule has 0 radical (unpaired) electrons. The lowest BCUT2D eigenvalue weighted by atomic mass is 10.1. The number of hydrogen-bond donors (Lipinski definition) is 0. The van der Waals surface area contributed by atoms with Gasteiger partial charge in [0, 0.05) is 16.6 Å². The van der Waals surface area contributed by atoms with E-state index in [1.54, 1.807) is 6.08 Å². The molecule has 0 unspecified atom stereocenters. The normalized spacial score (nSPS) is 15.0. The van der Waals surface area contributed by atoms with E-state index in [4.69, 9.17) is 9.47 Å². The highest BCUT2D eigenvalue weighted by Gasteiger charge is 2.27. The summed E-state index contributed by atoms with van der Waals surface area (Å²) < 4.78 is 11.2. The van der Waals surface area contributed by atoms with Gasteiger partial charge in [0.25, 0.3) is 5.69 Å². The Morgan fingerprint density at radius 2 is 2.08 bits per heavy atom. The Bertz CT molecular complexity index is 936. The van der Waals surface area contributed by atoms with Crippen LogP contribution in [0.1, 0.15) is 11.1 Å². The van der Waals surface area contributed by atoms with Crippen molar-refractivity contribution in [3.05, 3.63) is 73.9 Å². The van der Waals surface area contributed by atoms with Crippen LogP contribution in [0.25, 0.3) is 6.08 Å². The quantitative estimate of drug-likeness (QED) is 0.336. The number of carbonyl (C=O) groups excluding carboxylic acids is 1. The molecule has 0 bridgehead atoms. The standard InChI is InChI=1S/C17H11BrN2O5/c1-24-15-6-5-12(20(22)23)9-13(15)16-19-14(17(21)25-16)8-10-3-2-4-11(18)7-10/h2-9H,1H3/b14-8+. The SMILES string of the molecule is COc1ccc([N+](=O)[O-])cc1C1=N/C(=C/c2cccc(Br)c2)C(=O)O1. The fraction of sp³-hybridized carbons (Fsp3) is 0.0588. The van der Waals surface area contributed by atoms with E-state index in [0.717, 1.165) is 10.0 Å². The molecule has 0 aromatic heterocycles. The lowest BCUT2D eigenvalue weighted by Gasteiger charge is -2.06. The van der Waals surface area contributed by atoms with E-state index in [2.05, 4.69) is 20.9 Å². The molecule has 0 atom stereocenters. The van der Waals surface area contributed by atoms with Crippen molar-refractivity contribution >= 4 is 39.6 Å². The minimum atomic E-state index is -0.636. The number of nitrogens with zero attached hydrogens (tertiary/aromatic N) is 2. The fourth-order valence-corrected chi connectivity index (χ4v) is 2.67. The number of esters is 1. The van der Waals surface area contributed by atoms with Crippen LogP contribution in [0.4, 0.5) is 5.69 Å². The van der Waals surface area contributed by atoms with Crippen LogP contribution < -0.4 is 4.74 Å². The third-order valence-corrected chi connectivity index (χ3v) is 3.89. The van der Waals surface area contributed by atoms with Crippen molar-refractivity contribution in [2.75, 3.05) is 7.11 Å². The summed E-state index contributed by atoms with van der Waals surface area (Å²) in [4.78, 5) is 26.7. The first kappa shape index (κ1) is 16.8. The maximum atomic E-state index is 12.1. The monoisotopic (exact) mass is 402 g/mol. The molecule has 0 amide bonds. The maximum absolute atomic E-state index is 12.1. The molecule has 0 saturated heterocycles. The minimum absolute atomic E-state index is 0.0354. The second-order valence-corrected chi connectivity index (χ2v) is 5.95. The van der Waals surface area contributed by atoms with Crippen molar-refractivity contribution in [2.45, 2.75) is 0 Å². The van der Waals surface area contributed by atoms with Gasteiger partial charge in [0.2, 0.25) is 5.90 Å². The number of nitro groups is 1. The molecule has 0 fully saturated rings. The lowest BCUT2D eigenvalue weighted by molar-refractivity contribution is -0.384. The van der Waals surface area contributed by atoms with E-state index >= 15 is 0 Å². The van der Waals surface area contributed by atoms with Gasteiger partial charge in [-0.05, 0) is 29.8 Å². The average molecular weight is 403 g/mol. The van der Waals surface area contributed by atoms with Gasteiger partial charge in [-0.2, -0.15) is 0 Å². The molecular formula is C17H11BrN2O5. The number of cyclic esters (lactones) is 1. The Morgan fingerprint density at radius 1 is 1.28 bits per heavy atom. The van der Waals surface area contributed by atoms with Gasteiger partial charge in [-0.15, -0.1) is 0 Å². The van der Waals surface area contributed by atoms with Crippen LogP contribution >= 0.6 is 15.9 Å². The van der Waals surface area contributed by atoms with Crippen molar-refractivity contribution in [1.82, 2.24) is 0 Å². The second kappa shape index (κ2) is 6.86. The molecule has 7 nitrogen and oxygen atoms in total. The molecule has 3 rings (SSSR count). The molecule has 1 heterocycles. The molecular weight excluding hydrogens is 392 g/mol. The topological polar surface area (TPSA) is 91.0 Å². The fourth-order valence-electron chi connectivity index (χ4n) is 2.26. The minimum Gasteiger partial charge on any atom is -0.496 e. The second-order valence-electron chi connectivity index (χ2n) is 5.03. The largest absolute Gasteiger partial charge is 0.496 e. The van der Waals surface area contributed by atoms with Crippen LogP contribution in [-0.2, 0) is 9.53 Å². The number of nitro benzene ring substituents is 1. The summed E-state index contributed by atoms with van der Waals surface area (Å²) in [6.07, 6.45) is 1.57. The number of ether oxygens (including phenoxy) is 2. The number of non-ortho nitro benzene ring substituents is 1. The number of hydrogen-bond acceptors (Lipinski definition) is 6. The van der Waals surface area contributed by atoms with Gasteiger partial charge in [-0.1, -0.05) is 28.1 Å². The third-order valence-electron chi connectivity index (χ3n) is 3.40. The molecule has 1 aliphatic heterocycles. The summed E-state index contributed by atoms with van der Waals surface area (Å²) >= 11 is 3.35. The molecule has 0 saturated carbocycles. The van der Waals surface area contributed by atoms with Gasteiger partial charge in [-0.25, -0.2) is 9.79 Å². The zero-order valence-corrected chi connectivity index (χ0v) is 14.5. The van der Waals surface area contributed by atoms with Gasteiger partial charge in [0.05, 0.1) is 17.6 Å².